The molecule has 1 aromatic carbocycles. The summed E-state index contributed by atoms with van der Waals surface area (Å²) in [6, 6.07) is 6.25. The topological polar surface area (TPSA) is 17.1 Å². The van der Waals surface area contributed by atoms with E-state index in [0.29, 0.717) is 0 Å². The number of carbonyl (C=O) groups is 1. The minimum atomic E-state index is -0.853. The molecule has 0 radical (unpaired) electrons. The van der Waals surface area contributed by atoms with E-state index in [4.69, 9.17) is 0 Å². The molecule has 3 heteroatoms. The van der Waals surface area contributed by atoms with Gasteiger partial charge in [0.05, 0.1) is 0 Å². The first-order valence-corrected chi connectivity index (χ1v) is 8.19. The van der Waals surface area contributed by atoms with Crippen LogP contribution in [0, 0.1) is 5.82 Å². The minimum absolute atomic E-state index is 0.207. The Morgan fingerprint density at radius 2 is 2.00 bits per heavy atom. The Labute approximate surface area is 112 Å². The second kappa shape index (κ2) is 8.44. The Bertz CT molecular complexity index is 370. The summed E-state index contributed by atoms with van der Waals surface area (Å²) in [6.45, 7) is 2.16. The zero-order valence-corrected chi connectivity index (χ0v) is 12.3. The number of carbonyl (C=O) groups excluding carboxylic acids is 1. The molecule has 0 saturated heterocycles. The quantitative estimate of drug-likeness (QED) is 0.421. The Balaban J connectivity index is 2.31. The molecule has 0 heterocycles. The second-order valence-electron chi connectivity index (χ2n) is 3.77. The standard InChI is InChI=1S/C14H17FOTe/c1-2-3-4-5-6-7-14(16)17-13-10-8-12(15)9-11-13/h6-11H,2-5H2,1H3/b7-6+. The van der Waals surface area contributed by atoms with Crippen molar-refractivity contribution in [3.63, 3.8) is 0 Å². The van der Waals surface area contributed by atoms with Gasteiger partial charge in [0.2, 0.25) is 0 Å². The molecule has 0 atom stereocenters. The van der Waals surface area contributed by atoms with Crippen LogP contribution in [0.3, 0.4) is 0 Å². The van der Waals surface area contributed by atoms with Gasteiger partial charge in [-0.05, 0) is 0 Å². The fourth-order valence-corrected chi connectivity index (χ4v) is 3.25. The summed E-state index contributed by atoms with van der Waals surface area (Å²) in [5.41, 5.74) is 0. The van der Waals surface area contributed by atoms with E-state index in [1.165, 1.54) is 25.0 Å². The zero-order valence-electron chi connectivity index (χ0n) is 9.99. The number of unbranched alkanes of at least 4 members (excludes halogenated alkanes) is 3. The van der Waals surface area contributed by atoms with Crippen molar-refractivity contribution in [3.8, 4) is 0 Å². The molecule has 0 fully saturated rings. The van der Waals surface area contributed by atoms with Crippen molar-refractivity contribution in [2.24, 2.45) is 0 Å². The van der Waals surface area contributed by atoms with Gasteiger partial charge in [0.1, 0.15) is 0 Å². The van der Waals surface area contributed by atoms with Crippen molar-refractivity contribution in [2.45, 2.75) is 32.6 Å². The summed E-state index contributed by atoms with van der Waals surface area (Å²) >= 11 is -0.853. The van der Waals surface area contributed by atoms with Crippen LogP contribution in [0.1, 0.15) is 32.6 Å². The van der Waals surface area contributed by atoms with Crippen LogP contribution in [0.25, 0.3) is 0 Å². The molecule has 0 saturated carbocycles. The number of rotatable bonds is 7. The third-order valence-corrected chi connectivity index (χ3v) is 4.67. The monoisotopic (exact) mass is 350 g/mol. The van der Waals surface area contributed by atoms with Crippen molar-refractivity contribution in [3.05, 3.63) is 42.2 Å². The van der Waals surface area contributed by atoms with Crippen LogP contribution >= 0.6 is 0 Å². The van der Waals surface area contributed by atoms with Crippen LogP contribution in [-0.4, -0.2) is 24.8 Å². The van der Waals surface area contributed by atoms with Crippen LogP contribution in [-0.2, 0) is 4.79 Å². The maximum atomic E-state index is 12.7. The predicted octanol–water partition coefficient (Wildman–Crippen LogP) is 2.82. The van der Waals surface area contributed by atoms with Gasteiger partial charge in [-0.15, -0.1) is 0 Å². The fraction of sp³-hybridized carbons (Fsp3) is 0.357. The van der Waals surface area contributed by atoms with E-state index in [-0.39, 0.29) is 9.65 Å². The third-order valence-electron chi connectivity index (χ3n) is 2.26. The van der Waals surface area contributed by atoms with Crippen LogP contribution in [0.2, 0.25) is 0 Å². The van der Waals surface area contributed by atoms with Crippen molar-refractivity contribution in [1.82, 2.24) is 0 Å². The Kier molecular flexibility index (Phi) is 7.16. The van der Waals surface area contributed by atoms with Gasteiger partial charge in [-0.1, -0.05) is 0 Å². The van der Waals surface area contributed by atoms with Gasteiger partial charge in [-0.3, -0.25) is 0 Å². The molecule has 0 N–H and O–H groups in total. The maximum absolute atomic E-state index is 12.7. The summed E-state index contributed by atoms with van der Waals surface area (Å²) in [7, 11) is 0. The van der Waals surface area contributed by atoms with Crippen molar-refractivity contribution < 1.29 is 9.18 Å². The van der Waals surface area contributed by atoms with Crippen LogP contribution in [0.15, 0.2) is 36.4 Å². The van der Waals surface area contributed by atoms with Crippen molar-refractivity contribution in [2.75, 3.05) is 0 Å². The molecule has 0 bridgehead atoms. The molecule has 0 aliphatic carbocycles. The van der Waals surface area contributed by atoms with E-state index < -0.39 is 20.9 Å². The number of hydrogen-bond acceptors (Lipinski definition) is 1. The molecule has 17 heavy (non-hydrogen) atoms. The Hall–Kier alpha value is -0.650. The molecule has 1 aromatic rings. The Morgan fingerprint density at radius 1 is 1.29 bits per heavy atom. The molecule has 0 aromatic heterocycles. The van der Waals surface area contributed by atoms with Crippen molar-refractivity contribution >= 4 is 28.4 Å². The van der Waals surface area contributed by atoms with E-state index in [9.17, 15) is 9.18 Å². The fourth-order valence-electron chi connectivity index (χ4n) is 1.34. The third kappa shape index (κ3) is 6.61. The van der Waals surface area contributed by atoms with E-state index in [0.717, 1.165) is 16.5 Å². The number of halogens is 1. The molecule has 0 amide bonds. The van der Waals surface area contributed by atoms with Gasteiger partial charge in [-0.25, -0.2) is 0 Å². The predicted molar refractivity (Wildman–Crippen MR) is 70.1 cm³/mol. The molecule has 1 nitrogen and oxygen atoms in total. The van der Waals surface area contributed by atoms with Gasteiger partial charge in [0.25, 0.3) is 0 Å². The molecule has 0 unspecified atom stereocenters. The normalized spacial score (nSPS) is 10.9. The molecule has 0 aliphatic rings. The molecule has 1 rings (SSSR count). The number of allylic oxidation sites excluding steroid dienone is 2. The van der Waals surface area contributed by atoms with Gasteiger partial charge in [0, 0.05) is 0 Å². The SMILES string of the molecule is CCCCC/C=C/C(=O)[Te]c1ccc(F)cc1. The van der Waals surface area contributed by atoms with Crippen LogP contribution < -0.4 is 3.61 Å². The summed E-state index contributed by atoms with van der Waals surface area (Å²) in [5, 5.41) is 0. The molecular formula is C14H17FOTe. The van der Waals surface area contributed by atoms with Gasteiger partial charge in [0.15, 0.2) is 0 Å². The van der Waals surface area contributed by atoms with Gasteiger partial charge >= 0.3 is 112 Å². The first kappa shape index (κ1) is 14.4. The summed E-state index contributed by atoms with van der Waals surface area (Å²) in [4.78, 5) is 11.6. The summed E-state index contributed by atoms with van der Waals surface area (Å²) in [6.07, 6.45) is 8.21. The average Bonchev–Trinajstić information content (AvgIpc) is 2.32. The Morgan fingerprint density at radius 3 is 2.65 bits per heavy atom. The van der Waals surface area contributed by atoms with E-state index >= 15 is 0 Å². The van der Waals surface area contributed by atoms with E-state index in [2.05, 4.69) is 6.92 Å². The molecule has 0 aliphatic heterocycles. The van der Waals surface area contributed by atoms with Crippen molar-refractivity contribution in [1.29, 1.82) is 0 Å². The number of benzene rings is 1. The first-order valence-electron chi connectivity index (χ1n) is 5.86. The molecular weight excluding hydrogens is 331 g/mol. The average molecular weight is 348 g/mol. The van der Waals surface area contributed by atoms with Gasteiger partial charge < -0.3 is 0 Å². The van der Waals surface area contributed by atoms with Crippen LogP contribution in [0.5, 0.6) is 0 Å². The molecule has 92 valence electrons. The zero-order chi connectivity index (χ0) is 12.5. The second-order valence-corrected chi connectivity index (χ2v) is 6.85. The number of hydrogen-bond donors (Lipinski definition) is 0. The summed E-state index contributed by atoms with van der Waals surface area (Å²) < 4.78 is 13.9. The van der Waals surface area contributed by atoms with E-state index in [1.54, 1.807) is 18.2 Å². The molecule has 0 spiro atoms. The van der Waals surface area contributed by atoms with Crippen LogP contribution in [0.4, 0.5) is 4.39 Å². The summed E-state index contributed by atoms with van der Waals surface area (Å²) in [5.74, 6) is -0.247. The van der Waals surface area contributed by atoms with E-state index in [1.807, 2.05) is 6.08 Å². The first-order chi connectivity index (χ1) is 8.22. The van der Waals surface area contributed by atoms with Gasteiger partial charge in [-0.2, -0.15) is 0 Å².